The predicted molar refractivity (Wildman–Crippen MR) is 66.4 cm³/mol. The van der Waals surface area contributed by atoms with Crippen LogP contribution in [0.15, 0.2) is 41.1 Å². The van der Waals surface area contributed by atoms with E-state index in [4.69, 9.17) is 0 Å². The lowest BCUT2D eigenvalue weighted by molar-refractivity contribution is 0.460. The summed E-state index contributed by atoms with van der Waals surface area (Å²) >= 11 is 3.43. The maximum absolute atomic E-state index is 9.64. The Bertz CT molecular complexity index is 697. The minimum atomic E-state index is 0.0203. The second kappa shape index (κ2) is 3.42. The van der Waals surface area contributed by atoms with Gasteiger partial charge in [-0.15, -0.1) is 0 Å². The molecule has 0 spiro atoms. The number of hydrogen-bond acceptors (Lipinski definition) is 3. The summed E-state index contributed by atoms with van der Waals surface area (Å²) in [5.41, 5.74) is 0.904. The summed E-state index contributed by atoms with van der Waals surface area (Å²) in [5.74, 6) is 0.0203. The number of hydrogen-bond donors (Lipinski definition) is 1. The second-order valence-electron chi connectivity index (χ2n) is 3.52. The summed E-state index contributed by atoms with van der Waals surface area (Å²) in [5, 5.41) is 12.3. The first-order valence-corrected chi connectivity index (χ1v) is 5.57. The van der Waals surface area contributed by atoms with Crippen LogP contribution in [0.3, 0.4) is 0 Å². The molecule has 0 saturated heterocycles. The standard InChI is InChI=1S/C12H7BrN2O/c13-7-1-2-11-9(5-7)8-3-4-14-12(16)10(8)6-15-11/h1-6H,(H,14,16). The number of aromatic hydroxyl groups is 1. The molecule has 0 bridgehead atoms. The third-order valence-electron chi connectivity index (χ3n) is 2.55. The molecule has 2 aromatic heterocycles. The zero-order chi connectivity index (χ0) is 11.1. The molecule has 0 aliphatic carbocycles. The molecule has 3 rings (SSSR count). The van der Waals surface area contributed by atoms with Crippen LogP contribution in [0.2, 0.25) is 0 Å². The van der Waals surface area contributed by atoms with Crippen molar-refractivity contribution in [2.45, 2.75) is 0 Å². The molecule has 3 nitrogen and oxygen atoms in total. The van der Waals surface area contributed by atoms with Crippen LogP contribution in [-0.4, -0.2) is 15.1 Å². The molecule has 4 heteroatoms. The Morgan fingerprint density at radius 1 is 1.00 bits per heavy atom. The highest BCUT2D eigenvalue weighted by molar-refractivity contribution is 9.10. The number of benzene rings is 1. The van der Waals surface area contributed by atoms with Gasteiger partial charge in [0.15, 0.2) is 0 Å². The summed E-state index contributed by atoms with van der Waals surface area (Å²) in [6, 6.07) is 7.76. The van der Waals surface area contributed by atoms with Crippen molar-refractivity contribution >= 4 is 37.6 Å². The molecule has 78 valence electrons. The Morgan fingerprint density at radius 2 is 1.88 bits per heavy atom. The molecular formula is C12H7BrN2O. The van der Waals surface area contributed by atoms with E-state index in [0.29, 0.717) is 5.39 Å². The van der Waals surface area contributed by atoms with E-state index in [0.717, 1.165) is 20.8 Å². The average molecular weight is 275 g/mol. The SMILES string of the molecule is Oc1nccc2c1cnc1ccc(Br)cc12. The summed E-state index contributed by atoms with van der Waals surface area (Å²) in [6.45, 7) is 0. The topological polar surface area (TPSA) is 46.0 Å². The number of rotatable bonds is 0. The van der Waals surface area contributed by atoms with E-state index < -0.39 is 0 Å². The number of fused-ring (bicyclic) bond motifs is 3. The average Bonchev–Trinajstić information content (AvgIpc) is 2.29. The van der Waals surface area contributed by atoms with E-state index in [1.165, 1.54) is 0 Å². The van der Waals surface area contributed by atoms with Gasteiger partial charge in [0.1, 0.15) is 0 Å². The van der Waals surface area contributed by atoms with Crippen LogP contribution in [0.25, 0.3) is 21.7 Å². The van der Waals surface area contributed by atoms with Crippen LogP contribution in [0.4, 0.5) is 0 Å². The zero-order valence-electron chi connectivity index (χ0n) is 8.18. The van der Waals surface area contributed by atoms with Gasteiger partial charge in [0.25, 0.3) is 0 Å². The van der Waals surface area contributed by atoms with Crippen molar-refractivity contribution in [2.75, 3.05) is 0 Å². The molecule has 0 unspecified atom stereocenters. The molecule has 16 heavy (non-hydrogen) atoms. The fourth-order valence-electron chi connectivity index (χ4n) is 1.79. The molecule has 3 aromatic rings. The largest absolute Gasteiger partial charge is 0.493 e. The molecule has 0 atom stereocenters. The van der Waals surface area contributed by atoms with Crippen molar-refractivity contribution in [3.05, 3.63) is 41.1 Å². The summed E-state index contributed by atoms with van der Waals surface area (Å²) in [6.07, 6.45) is 3.24. The molecule has 0 aliphatic rings. The first kappa shape index (κ1) is 9.54. The minimum absolute atomic E-state index is 0.0203. The third-order valence-corrected chi connectivity index (χ3v) is 3.04. The second-order valence-corrected chi connectivity index (χ2v) is 4.43. The van der Waals surface area contributed by atoms with Gasteiger partial charge >= 0.3 is 0 Å². The van der Waals surface area contributed by atoms with Crippen LogP contribution >= 0.6 is 15.9 Å². The molecule has 0 amide bonds. The molecule has 1 aromatic carbocycles. The maximum Gasteiger partial charge on any atom is 0.220 e. The van der Waals surface area contributed by atoms with E-state index in [2.05, 4.69) is 25.9 Å². The maximum atomic E-state index is 9.64. The van der Waals surface area contributed by atoms with E-state index in [-0.39, 0.29) is 5.88 Å². The van der Waals surface area contributed by atoms with Crippen LogP contribution in [0.1, 0.15) is 0 Å². The van der Waals surface area contributed by atoms with Gasteiger partial charge in [0.2, 0.25) is 5.88 Å². The van der Waals surface area contributed by atoms with Crippen molar-refractivity contribution in [3.8, 4) is 5.88 Å². The predicted octanol–water partition coefficient (Wildman–Crippen LogP) is 3.25. The summed E-state index contributed by atoms with van der Waals surface area (Å²) < 4.78 is 0.991. The van der Waals surface area contributed by atoms with E-state index >= 15 is 0 Å². The van der Waals surface area contributed by atoms with Gasteiger partial charge in [-0.1, -0.05) is 15.9 Å². The summed E-state index contributed by atoms with van der Waals surface area (Å²) in [7, 11) is 0. The molecule has 0 radical (unpaired) electrons. The smallest absolute Gasteiger partial charge is 0.220 e. The lowest BCUT2D eigenvalue weighted by atomic mass is 10.1. The molecule has 0 aliphatic heterocycles. The van der Waals surface area contributed by atoms with Crippen molar-refractivity contribution in [1.82, 2.24) is 9.97 Å². The number of nitrogens with zero attached hydrogens (tertiary/aromatic N) is 2. The van der Waals surface area contributed by atoms with Gasteiger partial charge in [-0.2, -0.15) is 0 Å². The first-order valence-electron chi connectivity index (χ1n) is 4.77. The quantitative estimate of drug-likeness (QED) is 0.640. The van der Waals surface area contributed by atoms with E-state index in [1.807, 2.05) is 24.3 Å². The van der Waals surface area contributed by atoms with Gasteiger partial charge in [-0.3, -0.25) is 4.98 Å². The fraction of sp³-hybridized carbons (Fsp3) is 0. The van der Waals surface area contributed by atoms with E-state index in [9.17, 15) is 5.11 Å². The Labute approximate surface area is 99.9 Å². The van der Waals surface area contributed by atoms with Gasteiger partial charge in [-0.25, -0.2) is 4.98 Å². The zero-order valence-corrected chi connectivity index (χ0v) is 9.77. The highest BCUT2D eigenvalue weighted by Crippen LogP contribution is 2.29. The Balaban J connectivity index is 2.58. The fourth-order valence-corrected chi connectivity index (χ4v) is 2.16. The molecule has 2 heterocycles. The van der Waals surface area contributed by atoms with Crippen LogP contribution in [-0.2, 0) is 0 Å². The monoisotopic (exact) mass is 274 g/mol. The molecule has 0 fully saturated rings. The molecule has 0 saturated carbocycles. The number of halogens is 1. The molecular weight excluding hydrogens is 268 g/mol. The van der Waals surface area contributed by atoms with Crippen LogP contribution in [0, 0.1) is 0 Å². The van der Waals surface area contributed by atoms with Crippen molar-refractivity contribution < 1.29 is 5.11 Å². The number of pyridine rings is 2. The van der Waals surface area contributed by atoms with Gasteiger partial charge < -0.3 is 5.11 Å². The Kier molecular flexibility index (Phi) is 2.04. The minimum Gasteiger partial charge on any atom is -0.493 e. The van der Waals surface area contributed by atoms with Gasteiger partial charge in [0.05, 0.1) is 10.9 Å². The first-order chi connectivity index (χ1) is 7.75. The normalized spacial score (nSPS) is 11.1. The highest BCUT2D eigenvalue weighted by Gasteiger charge is 2.05. The van der Waals surface area contributed by atoms with Gasteiger partial charge in [-0.05, 0) is 29.7 Å². The van der Waals surface area contributed by atoms with Crippen molar-refractivity contribution in [2.24, 2.45) is 0 Å². The number of aromatic nitrogens is 2. The summed E-state index contributed by atoms with van der Waals surface area (Å²) in [4.78, 5) is 8.13. The van der Waals surface area contributed by atoms with Gasteiger partial charge in [0, 0.05) is 22.3 Å². The Hall–Kier alpha value is -1.68. The van der Waals surface area contributed by atoms with Crippen molar-refractivity contribution in [1.29, 1.82) is 0 Å². The molecule has 1 N–H and O–H groups in total. The highest BCUT2D eigenvalue weighted by atomic mass is 79.9. The van der Waals surface area contributed by atoms with Crippen LogP contribution in [0.5, 0.6) is 5.88 Å². The van der Waals surface area contributed by atoms with Crippen molar-refractivity contribution in [3.63, 3.8) is 0 Å². The lowest BCUT2D eigenvalue weighted by Crippen LogP contribution is -1.84. The van der Waals surface area contributed by atoms with E-state index in [1.54, 1.807) is 12.4 Å². The third kappa shape index (κ3) is 1.34. The lowest BCUT2D eigenvalue weighted by Gasteiger charge is -2.04. The van der Waals surface area contributed by atoms with Crippen LogP contribution < -0.4 is 0 Å². The Morgan fingerprint density at radius 3 is 2.75 bits per heavy atom.